The Hall–Kier alpha value is -3.57. The lowest BCUT2D eigenvalue weighted by atomic mass is 10.1. The largest absolute Gasteiger partial charge is 0.513 e. The minimum atomic E-state index is 0.0574. The number of nitrogens with zero attached hydrogens (tertiary/aromatic N) is 3. The van der Waals surface area contributed by atoms with Crippen molar-refractivity contribution in [2.75, 3.05) is 23.3 Å². The lowest BCUT2D eigenvalue weighted by molar-refractivity contribution is 0.401. The smallest absolute Gasteiger partial charge is 0.138 e. The van der Waals surface area contributed by atoms with Crippen molar-refractivity contribution in [2.24, 2.45) is 0 Å². The van der Waals surface area contributed by atoms with E-state index in [1.165, 1.54) is 0 Å². The van der Waals surface area contributed by atoms with Gasteiger partial charge in [-0.2, -0.15) is 0 Å². The third-order valence-electron chi connectivity index (χ3n) is 5.67. The van der Waals surface area contributed by atoms with E-state index in [-0.39, 0.29) is 12.2 Å². The highest BCUT2D eigenvalue weighted by atomic mass is 35.5. The van der Waals surface area contributed by atoms with Crippen molar-refractivity contribution in [1.82, 2.24) is 9.97 Å². The lowest BCUT2D eigenvalue weighted by Crippen LogP contribution is -2.22. The van der Waals surface area contributed by atoms with Crippen molar-refractivity contribution >= 4 is 29.2 Å². The van der Waals surface area contributed by atoms with Gasteiger partial charge in [-0.3, -0.25) is 0 Å². The fraction of sp³-hybridized carbons (Fsp3) is 0.214. The second-order valence-electron chi connectivity index (χ2n) is 8.44. The van der Waals surface area contributed by atoms with E-state index in [0.717, 1.165) is 59.8 Å². The molecule has 0 unspecified atom stereocenters. The van der Waals surface area contributed by atoms with Crippen LogP contribution in [0.25, 0.3) is 6.08 Å². The zero-order valence-corrected chi connectivity index (χ0v) is 19.9. The van der Waals surface area contributed by atoms with Gasteiger partial charge >= 0.3 is 0 Å². The molecule has 0 saturated carbocycles. The highest BCUT2D eigenvalue weighted by Crippen LogP contribution is 2.29. The third kappa shape index (κ3) is 6.27. The molecule has 2 N–H and O–H groups in total. The van der Waals surface area contributed by atoms with Crippen molar-refractivity contribution in [2.45, 2.75) is 25.7 Å². The average molecular weight is 473 g/mol. The number of benzene rings is 2. The van der Waals surface area contributed by atoms with Gasteiger partial charge < -0.3 is 15.3 Å². The zero-order chi connectivity index (χ0) is 23.9. The molecule has 1 aliphatic rings. The SMILES string of the molecule is C=C(O)Cc1c(Cl)nc(Cc2ccc(NC(=C)/C=C/c3ccccc3)cc2)nc1N1CCCC1. The molecule has 1 aromatic heterocycles. The standard InChI is InChI=1S/C28H29ClN4O/c1-20(10-11-22-8-4-3-5-9-22)30-24-14-12-23(13-15-24)19-26-31-27(29)25(18-21(2)34)28(32-26)33-16-6-7-17-33/h3-5,8-15,30,34H,1-2,6-7,16-19H2/b11-10+. The van der Waals surface area contributed by atoms with Gasteiger partial charge in [-0.1, -0.05) is 73.3 Å². The Balaban J connectivity index is 1.45. The predicted molar refractivity (Wildman–Crippen MR) is 141 cm³/mol. The molecule has 5 nitrogen and oxygen atoms in total. The quantitative estimate of drug-likeness (QED) is 0.209. The molecule has 1 saturated heterocycles. The maximum atomic E-state index is 9.74. The van der Waals surface area contributed by atoms with Gasteiger partial charge in [0.15, 0.2) is 0 Å². The summed E-state index contributed by atoms with van der Waals surface area (Å²) in [5.41, 5.74) is 4.71. The van der Waals surface area contributed by atoms with Gasteiger partial charge in [0, 0.05) is 42.9 Å². The fourth-order valence-corrected chi connectivity index (χ4v) is 4.24. The van der Waals surface area contributed by atoms with Crippen LogP contribution in [0.1, 0.15) is 35.4 Å². The number of anilines is 2. The summed E-state index contributed by atoms with van der Waals surface area (Å²) < 4.78 is 0. The van der Waals surface area contributed by atoms with Crippen molar-refractivity contribution < 1.29 is 5.11 Å². The molecule has 174 valence electrons. The number of aromatic nitrogens is 2. The summed E-state index contributed by atoms with van der Waals surface area (Å²) in [6.07, 6.45) is 7.05. The van der Waals surface area contributed by atoms with E-state index < -0.39 is 0 Å². The Morgan fingerprint density at radius 1 is 1.03 bits per heavy atom. The van der Waals surface area contributed by atoms with Gasteiger partial charge in [0.25, 0.3) is 0 Å². The van der Waals surface area contributed by atoms with Gasteiger partial charge in [0.1, 0.15) is 16.8 Å². The molecule has 0 amide bonds. The first kappa shape index (κ1) is 23.6. The van der Waals surface area contributed by atoms with Gasteiger partial charge in [0.2, 0.25) is 0 Å². The van der Waals surface area contributed by atoms with E-state index in [4.69, 9.17) is 16.6 Å². The van der Waals surface area contributed by atoms with Crippen LogP contribution in [-0.4, -0.2) is 28.2 Å². The number of halogens is 1. The minimum absolute atomic E-state index is 0.0574. The first-order valence-electron chi connectivity index (χ1n) is 11.4. The molecular formula is C28H29ClN4O. The summed E-state index contributed by atoms with van der Waals surface area (Å²) in [5.74, 6) is 1.53. The Labute approximate surface area is 206 Å². The normalized spacial score (nSPS) is 13.4. The Kier molecular flexibility index (Phi) is 7.65. The Morgan fingerprint density at radius 2 is 1.74 bits per heavy atom. The van der Waals surface area contributed by atoms with Crippen LogP contribution in [0.15, 0.2) is 85.3 Å². The Bertz CT molecular complexity index is 1180. The second-order valence-corrected chi connectivity index (χ2v) is 8.80. The average Bonchev–Trinajstić information content (AvgIpc) is 3.36. The molecule has 6 heteroatoms. The summed E-state index contributed by atoms with van der Waals surface area (Å²) in [7, 11) is 0. The second kappa shape index (κ2) is 11.0. The van der Waals surface area contributed by atoms with Crippen LogP contribution in [0.3, 0.4) is 0 Å². The fourth-order valence-electron chi connectivity index (χ4n) is 3.99. The molecule has 34 heavy (non-hydrogen) atoms. The van der Waals surface area contributed by atoms with E-state index in [2.05, 4.69) is 40.5 Å². The number of hydrogen-bond acceptors (Lipinski definition) is 5. The van der Waals surface area contributed by atoms with Crippen LogP contribution in [0.5, 0.6) is 0 Å². The number of aliphatic hydroxyl groups excluding tert-OH is 1. The summed E-state index contributed by atoms with van der Waals surface area (Å²) >= 11 is 6.52. The molecule has 1 fully saturated rings. The van der Waals surface area contributed by atoms with E-state index in [0.29, 0.717) is 17.4 Å². The molecule has 0 aliphatic carbocycles. The number of hydrogen-bond donors (Lipinski definition) is 2. The summed E-state index contributed by atoms with van der Waals surface area (Å²) in [5, 5.41) is 13.4. The number of rotatable bonds is 9. The zero-order valence-electron chi connectivity index (χ0n) is 19.2. The monoisotopic (exact) mass is 472 g/mol. The van der Waals surface area contributed by atoms with Crippen molar-refractivity contribution in [3.8, 4) is 0 Å². The summed E-state index contributed by atoms with van der Waals surface area (Å²) in [6, 6.07) is 18.3. The highest BCUT2D eigenvalue weighted by Gasteiger charge is 2.22. The van der Waals surface area contributed by atoms with Gasteiger partial charge in [-0.05, 0) is 42.2 Å². The molecule has 0 atom stereocenters. The number of allylic oxidation sites excluding steroid dienone is 2. The van der Waals surface area contributed by atoms with E-state index in [1.807, 2.05) is 54.6 Å². The molecule has 4 rings (SSSR count). The molecule has 2 aromatic carbocycles. The molecule has 0 spiro atoms. The van der Waals surface area contributed by atoms with Crippen LogP contribution in [0, 0.1) is 0 Å². The van der Waals surface area contributed by atoms with E-state index in [9.17, 15) is 5.11 Å². The first-order chi connectivity index (χ1) is 16.5. The molecule has 0 radical (unpaired) electrons. The van der Waals surface area contributed by atoms with Crippen molar-refractivity contribution in [3.05, 3.63) is 113 Å². The Morgan fingerprint density at radius 3 is 2.41 bits per heavy atom. The van der Waals surface area contributed by atoms with E-state index in [1.54, 1.807) is 0 Å². The number of nitrogens with one attached hydrogen (secondary N) is 1. The topological polar surface area (TPSA) is 61.3 Å². The third-order valence-corrected chi connectivity index (χ3v) is 5.98. The maximum Gasteiger partial charge on any atom is 0.138 e. The lowest BCUT2D eigenvalue weighted by Gasteiger charge is -2.21. The molecule has 1 aliphatic heterocycles. The summed E-state index contributed by atoms with van der Waals surface area (Å²) in [6.45, 7) is 9.55. The van der Waals surface area contributed by atoms with Crippen LogP contribution in [0.4, 0.5) is 11.5 Å². The van der Waals surface area contributed by atoms with Gasteiger partial charge in [-0.15, -0.1) is 0 Å². The summed E-state index contributed by atoms with van der Waals surface area (Å²) in [4.78, 5) is 11.6. The van der Waals surface area contributed by atoms with Crippen LogP contribution in [0.2, 0.25) is 5.15 Å². The maximum absolute atomic E-state index is 9.74. The van der Waals surface area contributed by atoms with Crippen LogP contribution in [-0.2, 0) is 12.8 Å². The molecule has 0 bridgehead atoms. The minimum Gasteiger partial charge on any atom is -0.513 e. The van der Waals surface area contributed by atoms with Gasteiger partial charge in [0.05, 0.1) is 5.76 Å². The molecular weight excluding hydrogens is 444 g/mol. The number of aliphatic hydroxyl groups is 1. The highest BCUT2D eigenvalue weighted by molar-refractivity contribution is 6.30. The van der Waals surface area contributed by atoms with Crippen molar-refractivity contribution in [3.63, 3.8) is 0 Å². The van der Waals surface area contributed by atoms with Crippen LogP contribution >= 0.6 is 11.6 Å². The molecule has 2 heterocycles. The first-order valence-corrected chi connectivity index (χ1v) is 11.8. The van der Waals surface area contributed by atoms with Crippen molar-refractivity contribution in [1.29, 1.82) is 0 Å². The van der Waals surface area contributed by atoms with Gasteiger partial charge in [-0.25, -0.2) is 9.97 Å². The van der Waals surface area contributed by atoms with E-state index >= 15 is 0 Å². The van der Waals surface area contributed by atoms with Crippen LogP contribution < -0.4 is 10.2 Å². The predicted octanol–water partition coefficient (Wildman–Crippen LogP) is 6.57. The molecule has 3 aromatic rings.